The fourth-order valence-corrected chi connectivity index (χ4v) is 4.07. The molecule has 3 rings (SSSR count). The molecule has 1 amide bonds. The number of aromatic nitrogens is 2. The van der Waals surface area contributed by atoms with Crippen molar-refractivity contribution in [1.82, 2.24) is 21.0 Å². The number of aryl methyl sites for hydroxylation is 2. The van der Waals surface area contributed by atoms with E-state index in [1.807, 2.05) is 26.0 Å². The fraction of sp³-hybridized carbons (Fsp3) is 0.500. The number of carbonyl (C=O) groups is 1. The van der Waals surface area contributed by atoms with Gasteiger partial charge in [-0.05, 0) is 31.7 Å². The SMILES string of the molecule is Cc1cc(C)c(O)c(C2CC(C(=O)Nc3nnc(CC(C)C)s3)NN2)c1. The Balaban J connectivity index is 1.63. The predicted octanol–water partition coefficient (Wildman–Crippen LogP) is 2.61. The Morgan fingerprint density at radius 1 is 1.35 bits per heavy atom. The van der Waals surface area contributed by atoms with E-state index >= 15 is 0 Å². The molecule has 1 aromatic carbocycles. The van der Waals surface area contributed by atoms with Crippen LogP contribution in [-0.4, -0.2) is 27.3 Å². The second-order valence-corrected chi connectivity index (χ2v) is 8.30. The molecule has 4 N–H and O–H groups in total. The maximum Gasteiger partial charge on any atom is 0.244 e. The Kier molecular flexibility index (Phi) is 5.55. The molecule has 0 saturated carbocycles. The van der Waals surface area contributed by atoms with Gasteiger partial charge in [0.2, 0.25) is 11.0 Å². The molecule has 1 saturated heterocycles. The first kappa shape index (κ1) is 18.8. The number of amides is 1. The van der Waals surface area contributed by atoms with Gasteiger partial charge in [0, 0.05) is 12.0 Å². The minimum absolute atomic E-state index is 0.129. The van der Waals surface area contributed by atoms with Crippen molar-refractivity contribution in [2.75, 3.05) is 5.32 Å². The maximum atomic E-state index is 12.5. The van der Waals surface area contributed by atoms with E-state index in [0.29, 0.717) is 17.5 Å². The lowest BCUT2D eigenvalue weighted by molar-refractivity contribution is -0.117. The number of hydrogen-bond acceptors (Lipinski definition) is 7. The molecule has 0 aliphatic carbocycles. The van der Waals surface area contributed by atoms with Crippen LogP contribution in [0.5, 0.6) is 5.75 Å². The minimum atomic E-state index is -0.405. The first-order valence-corrected chi connectivity index (χ1v) is 9.59. The van der Waals surface area contributed by atoms with E-state index in [9.17, 15) is 9.90 Å². The molecule has 1 fully saturated rings. The highest BCUT2D eigenvalue weighted by Crippen LogP contribution is 2.33. The summed E-state index contributed by atoms with van der Waals surface area (Å²) in [5.74, 6) is 0.618. The van der Waals surface area contributed by atoms with Crippen molar-refractivity contribution < 1.29 is 9.90 Å². The highest BCUT2D eigenvalue weighted by molar-refractivity contribution is 7.15. The first-order valence-electron chi connectivity index (χ1n) is 8.78. The van der Waals surface area contributed by atoms with E-state index in [2.05, 4.69) is 40.2 Å². The van der Waals surface area contributed by atoms with Crippen molar-refractivity contribution in [3.05, 3.63) is 33.8 Å². The number of benzene rings is 1. The number of aromatic hydroxyl groups is 1. The summed E-state index contributed by atoms with van der Waals surface area (Å²) in [5, 5.41) is 22.8. The fourth-order valence-electron chi connectivity index (χ4n) is 3.12. The summed E-state index contributed by atoms with van der Waals surface area (Å²) < 4.78 is 0. The molecule has 0 spiro atoms. The molecular formula is C18H25N5O2S. The summed E-state index contributed by atoms with van der Waals surface area (Å²) in [4.78, 5) is 12.5. The smallest absolute Gasteiger partial charge is 0.244 e. The number of carbonyl (C=O) groups excluding carboxylic acids is 1. The predicted molar refractivity (Wildman–Crippen MR) is 102 cm³/mol. The average Bonchev–Trinajstić information content (AvgIpc) is 3.20. The van der Waals surface area contributed by atoms with Crippen molar-refractivity contribution in [3.8, 4) is 5.75 Å². The Morgan fingerprint density at radius 3 is 2.85 bits per heavy atom. The highest BCUT2D eigenvalue weighted by Gasteiger charge is 2.32. The Bertz CT molecular complexity index is 805. The molecule has 8 heteroatoms. The van der Waals surface area contributed by atoms with Gasteiger partial charge >= 0.3 is 0 Å². The van der Waals surface area contributed by atoms with Crippen molar-refractivity contribution in [2.24, 2.45) is 5.92 Å². The van der Waals surface area contributed by atoms with Crippen LogP contribution in [-0.2, 0) is 11.2 Å². The third kappa shape index (κ3) is 4.20. The van der Waals surface area contributed by atoms with Crippen LogP contribution < -0.4 is 16.2 Å². The van der Waals surface area contributed by atoms with E-state index in [1.54, 1.807) is 0 Å². The Labute approximate surface area is 157 Å². The van der Waals surface area contributed by atoms with E-state index in [-0.39, 0.29) is 17.7 Å². The van der Waals surface area contributed by atoms with Crippen molar-refractivity contribution in [3.63, 3.8) is 0 Å². The molecule has 2 atom stereocenters. The zero-order valence-corrected chi connectivity index (χ0v) is 16.3. The van der Waals surface area contributed by atoms with Crippen LogP contribution in [0, 0.1) is 19.8 Å². The average molecular weight is 375 g/mol. The Morgan fingerprint density at radius 2 is 2.12 bits per heavy atom. The number of nitrogens with zero attached hydrogens (tertiary/aromatic N) is 2. The number of rotatable bonds is 5. The quantitative estimate of drug-likeness (QED) is 0.641. The number of nitrogens with one attached hydrogen (secondary N) is 3. The molecule has 7 nitrogen and oxygen atoms in total. The monoisotopic (exact) mass is 375 g/mol. The van der Waals surface area contributed by atoms with Gasteiger partial charge in [-0.15, -0.1) is 10.2 Å². The van der Waals surface area contributed by atoms with Crippen LogP contribution in [0.4, 0.5) is 5.13 Å². The molecule has 0 radical (unpaired) electrons. The number of phenolic OH excluding ortho intramolecular Hbond substituents is 1. The van der Waals surface area contributed by atoms with Gasteiger partial charge < -0.3 is 5.11 Å². The summed E-state index contributed by atoms with van der Waals surface area (Å²) in [5.41, 5.74) is 8.85. The number of anilines is 1. The van der Waals surface area contributed by atoms with Crippen LogP contribution in [0.1, 0.15) is 48.0 Å². The molecular weight excluding hydrogens is 350 g/mol. The Hall–Kier alpha value is -2.03. The summed E-state index contributed by atoms with van der Waals surface area (Å²) in [7, 11) is 0. The van der Waals surface area contributed by atoms with Crippen molar-refractivity contribution in [1.29, 1.82) is 0 Å². The van der Waals surface area contributed by atoms with Crippen LogP contribution in [0.3, 0.4) is 0 Å². The molecule has 2 unspecified atom stereocenters. The van der Waals surface area contributed by atoms with Crippen LogP contribution >= 0.6 is 11.3 Å². The summed E-state index contributed by atoms with van der Waals surface area (Å²) in [6.07, 6.45) is 1.39. The topological polar surface area (TPSA) is 99.2 Å². The second kappa shape index (κ2) is 7.69. The zero-order valence-electron chi connectivity index (χ0n) is 15.5. The van der Waals surface area contributed by atoms with E-state index in [4.69, 9.17) is 0 Å². The minimum Gasteiger partial charge on any atom is -0.507 e. The molecule has 140 valence electrons. The summed E-state index contributed by atoms with van der Waals surface area (Å²) in [6.45, 7) is 8.11. The first-order chi connectivity index (χ1) is 12.3. The lowest BCUT2D eigenvalue weighted by Gasteiger charge is -2.14. The van der Waals surface area contributed by atoms with Gasteiger partial charge in [0.1, 0.15) is 16.8 Å². The summed E-state index contributed by atoms with van der Waals surface area (Å²) in [6, 6.07) is 3.36. The largest absolute Gasteiger partial charge is 0.507 e. The van der Waals surface area contributed by atoms with Gasteiger partial charge in [-0.3, -0.25) is 10.1 Å². The highest BCUT2D eigenvalue weighted by atomic mass is 32.1. The van der Waals surface area contributed by atoms with E-state index < -0.39 is 6.04 Å². The van der Waals surface area contributed by atoms with Crippen LogP contribution in [0.15, 0.2) is 12.1 Å². The lowest BCUT2D eigenvalue weighted by Crippen LogP contribution is -2.39. The van der Waals surface area contributed by atoms with Crippen molar-refractivity contribution >= 4 is 22.4 Å². The van der Waals surface area contributed by atoms with Gasteiger partial charge in [-0.25, -0.2) is 10.9 Å². The molecule has 26 heavy (non-hydrogen) atoms. The normalized spacial score (nSPS) is 19.9. The molecule has 1 aliphatic rings. The van der Waals surface area contributed by atoms with Gasteiger partial charge in [-0.2, -0.15) is 0 Å². The standard InChI is InChI=1S/C18H25N5O2S/c1-9(2)5-15-22-23-18(26-15)19-17(25)14-8-13(20-21-14)12-7-10(3)6-11(4)16(12)24/h6-7,9,13-14,20-21,24H,5,8H2,1-4H3,(H,19,23,25). The second-order valence-electron chi connectivity index (χ2n) is 7.24. The van der Waals surface area contributed by atoms with Crippen LogP contribution in [0.25, 0.3) is 0 Å². The molecule has 2 heterocycles. The molecule has 2 aromatic rings. The van der Waals surface area contributed by atoms with Crippen molar-refractivity contribution in [2.45, 2.75) is 52.6 Å². The molecule has 1 aromatic heterocycles. The lowest BCUT2D eigenvalue weighted by atomic mass is 9.96. The summed E-state index contributed by atoms with van der Waals surface area (Å²) >= 11 is 1.41. The van der Waals surface area contributed by atoms with Gasteiger partial charge in [-0.1, -0.05) is 42.9 Å². The number of hydrogen-bond donors (Lipinski definition) is 4. The van der Waals surface area contributed by atoms with Gasteiger partial charge in [0.05, 0.1) is 6.04 Å². The molecule has 0 bridgehead atoms. The van der Waals surface area contributed by atoms with Gasteiger partial charge in [0.15, 0.2) is 0 Å². The van der Waals surface area contributed by atoms with Crippen LogP contribution in [0.2, 0.25) is 0 Å². The van der Waals surface area contributed by atoms with E-state index in [0.717, 1.165) is 28.1 Å². The van der Waals surface area contributed by atoms with E-state index in [1.165, 1.54) is 11.3 Å². The maximum absolute atomic E-state index is 12.5. The number of phenols is 1. The van der Waals surface area contributed by atoms with Gasteiger partial charge in [0.25, 0.3) is 0 Å². The third-order valence-corrected chi connectivity index (χ3v) is 5.21. The number of hydrazine groups is 1. The molecule has 1 aliphatic heterocycles. The third-order valence-electron chi connectivity index (χ3n) is 4.35. The zero-order chi connectivity index (χ0) is 18.8.